The summed E-state index contributed by atoms with van der Waals surface area (Å²) in [5.74, 6) is 0.660. The van der Waals surface area contributed by atoms with Crippen molar-refractivity contribution >= 4 is 28.7 Å². The Kier molecular flexibility index (Phi) is 2.96. The molecule has 0 saturated heterocycles. The molecule has 0 atom stereocenters. The second kappa shape index (κ2) is 4.39. The minimum Gasteiger partial charge on any atom is -0.341 e. The zero-order valence-electron chi connectivity index (χ0n) is 8.23. The van der Waals surface area contributed by atoms with Crippen LogP contribution in [-0.4, -0.2) is 31.5 Å². The van der Waals surface area contributed by atoms with Crippen LogP contribution in [0.15, 0.2) is 17.7 Å². The van der Waals surface area contributed by atoms with E-state index in [1.54, 1.807) is 6.33 Å². The molecule has 0 bridgehead atoms. The summed E-state index contributed by atoms with van der Waals surface area (Å²) in [5.41, 5.74) is 1.43. The van der Waals surface area contributed by atoms with Crippen LogP contribution in [0, 0.1) is 0 Å². The first kappa shape index (κ1) is 10.1. The molecule has 0 spiro atoms. The van der Waals surface area contributed by atoms with Gasteiger partial charge in [0.2, 0.25) is 0 Å². The number of Topliss-reactive ketones (excluding diaryl/α,β-unsaturated/α-hetero) is 1. The fourth-order valence-electron chi connectivity index (χ4n) is 1.10. The average molecular weight is 222 g/mol. The lowest BCUT2D eigenvalue weighted by Crippen LogP contribution is -1.99. The number of nitrogens with zero attached hydrogens (tertiary/aromatic N) is 3. The van der Waals surface area contributed by atoms with E-state index in [1.807, 2.05) is 6.92 Å². The SMILES string of the molecule is CCC(=O)CSc1ncnc2nc[nH]c12. The van der Waals surface area contributed by atoms with Crippen molar-refractivity contribution in [2.24, 2.45) is 0 Å². The third-order valence-electron chi connectivity index (χ3n) is 1.95. The number of carbonyl (C=O) groups excluding carboxylic acids is 1. The maximum absolute atomic E-state index is 11.2. The molecule has 1 N–H and O–H groups in total. The highest BCUT2D eigenvalue weighted by Gasteiger charge is 2.07. The summed E-state index contributed by atoms with van der Waals surface area (Å²) in [4.78, 5) is 26.3. The van der Waals surface area contributed by atoms with E-state index in [0.717, 1.165) is 10.5 Å². The van der Waals surface area contributed by atoms with Crippen molar-refractivity contribution in [2.45, 2.75) is 18.4 Å². The molecule has 2 aromatic rings. The minimum absolute atomic E-state index is 0.214. The number of H-pyrrole nitrogens is 1. The number of imidazole rings is 1. The van der Waals surface area contributed by atoms with Gasteiger partial charge in [-0.25, -0.2) is 15.0 Å². The smallest absolute Gasteiger partial charge is 0.181 e. The van der Waals surface area contributed by atoms with E-state index in [-0.39, 0.29) is 5.78 Å². The predicted molar refractivity (Wildman–Crippen MR) is 57.7 cm³/mol. The van der Waals surface area contributed by atoms with Crippen molar-refractivity contribution in [1.29, 1.82) is 0 Å². The van der Waals surface area contributed by atoms with Gasteiger partial charge in [-0.1, -0.05) is 18.7 Å². The Morgan fingerprint density at radius 3 is 3.13 bits per heavy atom. The number of hydrogen-bond donors (Lipinski definition) is 1. The molecule has 0 unspecified atom stereocenters. The van der Waals surface area contributed by atoms with Gasteiger partial charge in [0.05, 0.1) is 12.1 Å². The average Bonchev–Trinajstić information content (AvgIpc) is 2.74. The molecule has 2 rings (SSSR count). The van der Waals surface area contributed by atoms with E-state index in [2.05, 4.69) is 19.9 Å². The zero-order valence-corrected chi connectivity index (χ0v) is 9.04. The van der Waals surface area contributed by atoms with Crippen molar-refractivity contribution in [1.82, 2.24) is 19.9 Å². The third kappa shape index (κ3) is 2.15. The van der Waals surface area contributed by atoms with Gasteiger partial charge in [-0.15, -0.1) is 0 Å². The second-order valence-corrected chi connectivity index (χ2v) is 3.92. The third-order valence-corrected chi connectivity index (χ3v) is 3.00. The van der Waals surface area contributed by atoms with Crippen LogP contribution < -0.4 is 0 Å². The van der Waals surface area contributed by atoms with Gasteiger partial charge < -0.3 is 4.98 Å². The number of rotatable bonds is 4. The summed E-state index contributed by atoms with van der Waals surface area (Å²) >= 11 is 1.42. The number of aromatic nitrogens is 4. The Hall–Kier alpha value is -1.43. The van der Waals surface area contributed by atoms with Crippen molar-refractivity contribution < 1.29 is 4.79 Å². The van der Waals surface area contributed by atoms with Gasteiger partial charge in [0, 0.05) is 6.42 Å². The number of fused-ring (bicyclic) bond motifs is 1. The number of aromatic amines is 1. The van der Waals surface area contributed by atoms with Gasteiger partial charge in [0.15, 0.2) is 5.65 Å². The summed E-state index contributed by atoms with van der Waals surface area (Å²) in [7, 11) is 0. The number of ketones is 1. The molecular weight excluding hydrogens is 212 g/mol. The van der Waals surface area contributed by atoms with Gasteiger partial charge in [-0.2, -0.15) is 0 Å². The summed E-state index contributed by atoms with van der Waals surface area (Å²) < 4.78 is 0. The molecule has 2 aromatic heterocycles. The van der Waals surface area contributed by atoms with E-state index in [1.165, 1.54) is 18.1 Å². The maximum Gasteiger partial charge on any atom is 0.181 e. The standard InChI is InChI=1S/C9H10N4OS/c1-2-6(14)3-15-9-7-8(11-4-10-7)12-5-13-9/h4-5H,2-3H2,1H3,(H,10,11,12,13). The van der Waals surface area contributed by atoms with Crippen LogP contribution in [0.4, 0.5) is 0 Å². The number of nitrogens with one attached hydrogen (secondary N) is 1. The quantitative estimate of drug-likeness (QED) is 0.625. The van der Waals surface area contributed by atoms with Crippen molar-refractivity contribution in [3.8, 4) is 0 Å². The molecule has 2 heterocycles. The summed E-state index contributed by atoms with van der Waals surface area (Å²) in [6, 6.07) is 0. The van der Waals surface area contributed by atoms with Crippen LogP contribution in [-0.2, 0) is 4.79 Å². The normalized spacial score (nSPS) is 10.7. The van der Waals surface area contributed by atoms with E-state index in [4.69, 9.17) is 0 Å². The molecule has 0 aliphatic carbocycles. The lowest BCUT2D eigenvalue weighted by Gasteiger charge is -1.99. The Balaban J connectivity index is 2.20. The van der Waals surface area contributed by atoms with E-state index >= 15 is 0 Å². The Morgan fingerprint density at radius 1 is 1.47 bits per heavy atom. The highest BCUT2D eigenvalue weighted by molar-refractivity contribution is 8.00. The first-order chi connectivity index (χ1) is 7.31. The Bertz CT molecular complexity index is 482. The number of hydrogen-bond acceptors (Lipinski definition) is 5. The van der Waals surface area contributed by atoms with Crippen LogP contribution in [0.5, 0.6) is 0 Å². The molecule has 15 heavy (non-hydrogen) atoms. The van der Waals surface area contributed by atoms with Gasteiger partial charge >= 0.3 is 0 Å². The summed E-state index contributed by atoms with van der Waals surface area (Å²) in [5, 5.41) is 0.777. The van der Waals surface area contributed by atoms with Gasteiger partial charge in [-0.05, 0) is 0 Å². The molecular formula is C9H10N4OS. The zero-order chi connectivity index (χ0) is 10.7. The van der Waals surface area contributed by atoms with Gasteiger partial charge in [-0.3, -0.25) is 4.79 Å². The topological polar surface area (TPSA) is 71.5 Å². The predicted octanol–water partition coefficient (Wildman–Crippen LogP) is 1.42. The molecule has 5 nitrogen and oxygen atoms in total. The van der Waals surface area contributed by atoms with Crippen LogP contribution in [0.3, 0.4) is 0 Å². The van der Waals surface area contributed by atoms with Crippen LogP contribution >= 0.6 is 11.8 Å². The Labute approximate surface area is 90.7 Å². The van der Waals surface area contributed by atoms with Crippen molar-refractivity contribution in [2.75, 3.05) is 5.75 Å². The van der Waals surface area contributed by atoms with Crippen LogP contribution in [0.2, 0.25) is 0 Å². The second-order valence-electron chi connectivity index (χ2n) is 2.96. The van der Waals surface area contributed by atoms with Crippen molar-refractivity contribution in [3.63, 3.8) is 0 Å². The van der Waals surface area contributed by atoms with E-state index < -0.39 is 0 Å². The molecule has 0 aromatic carbocycles. The lowest BCUT2D eigenvalue weighted by atomic mass is 10.4. The van der Waals surface area contributed by atoms with Gasteiger partial charge in [0.25, 0.3) is 0 Å². The van der Waals surface area contributed by atoms with Gasteiger partial charge in [0.1, 0.15) is 22.7 Å². The molecule has 0 aliphatic rings. The molecule has 0 fully saturated rings. The summed E-state index contributed by atoms with van der Waals surface area (Å²) in [6.45, 7) is 1.86. The summed E-state index contributed by atoms with van der Waals surface area (Å²) in [6.07, 6.45) is 3.59. The van der Waals surface area contributed by atoms with Crippen LogP contribution in [0.1, 0.15) is 13.3 Å². The maximum atomic E-state index is 11.2. The molecule has 0 aliphatic heterocycles. The van der Waals surface area contributed by atoms with E-state index in [9.17, 15) is 4.79 Å². The highest BCUT2D eigenvalue weighted by atomic mass is 32.2. The van der Waals surface area contributed by atoms with Crippen LogP contribution in [0.25, 0.3) is 11.2 Å². The molecule has 78 valence electrons. The minimum atomic E-state index is 0.214. The molecule has 6 heteroatoms. The lowest BCUT2D eigenvalue weighted by molar-refractivity contribution is -0.116. The molecule has 0 saturated carbocycles. The number of thioether (sulfide) groups is 1. The largest absolute Gasteiger partial charge is 0.341 e. The molecule has 0 radical (unpaired) electrons. The molecule has 0 amide bonds. The fraction of sp³-hybridized carbons (Fsp3) is 0.333. The highest BCUT2D eigenvalue weighted by Crippen LogP contribution is 2.21. The first-order valence-corrected chi connectivity index (χ1v) is 5.58. The Morgan fingerprint density at radius 2 is 2.33 bits per heavy atom. The number of carbonyl (C=O) groups is 1. The monoisotopic (exact) mass is 222 g/mol. The van der Waals surface area contributed by atoms with Crippen molar-refractivity contribution in [3.05, 3.63) is 12.7 Å². The first-order valence-electron chi connectivity index (χ1n) is 4.60. The van der Waals surface area contributed by atoms with E-state index in [0.29, 0.717) is 17.8 Å². The fourth-order valence-corrected chi connectivity index (χ4v) is 2.02.